The molecule has 1 aliphatic rings. The maximum absolute atomic E-state index is 13.7. The average molecular weight is 292 g/mol. The second-order valence-corrected chi connectivity index (χ2v) is 5.43. The van der Waals surface area contributed by atoms with Gasteiger partial charge in [0.25, 0.3) is 0 Å². The molecule has 1 aliphatic carbocycles. The van der Waals surface area contributed by atoms with E-state index < -0.39 is 5.95 Å². The van der Waals surface area contributed by atoms with Crippen LogP contribution in [0.3, 0.4) is 0 Å². The van der Waals surface area contributed by atoms with E-state index in [0.29, 0.717) is 21.8 Å². The van der Waals surface area contributed by atoms with Crippen LogP contribution in [0.15, 0.2) is 30.5 Å². The highest BCUT2D eigenvalue weighted by molar-refractivity contribution is 6.36. The Labute approximate surface area is 122 Å². The molecule has 20 heavy (non-hydrogen) atoms. The first-order valence-corrected chi connectivity index (χ1v) is 6.97. The molecule has 5 heteroatoms. The fourth-order valence-electron chi connectivity index (χ4n) is 2.12. The molecular weight excluding hydrogens is 277 g/mol. The number of halogens is 2. The van der Waals surface area contributed by atoms with Crippen molar-refractivity contribution in [3.8, 4) is 11.1 Å². The lowest BCUT2D eigenvalue weighted by molar-refractivity contribution is 0.587. The van der Waals surface area contributed by atoms with Gasteiger partial charge in [-0.1, -0.05) is 17.7 Å². The van der Waals surface area contributed by atoms with Gasteiger partial charge in [0, 0.05) is 23.9 Å². The Bertz CT molecular complexity index is 641. The number of benzene rings is 1. The van der Waals surface area contributed by atoms with E-state index in [2.05, 4.69) is 10.3 Å². The third kappa shape index (κ3) is 2.56. The van der Waals surface area contributed by atoms with Crippen LogP contribution in [-0.4, -0.2) is 11.5 Å². The van der Waals surface area contributed by atoms with Crippen LogP contribution >= 0.6 is 11.6 Å². The predicted octanol–water partition coefficient (Wildman–Crippen LogP) is 3.95. The number of pyridine rings is 1. The van der Waals surface area contributed by atoms with E-state index in [1.165, 1.54) is 19.0 Å². The molecule has 1 aromatic carbocycles. The van der Waals surface area contributed by atoms with E-state index in [0.717, 1.165) is 18.2 Å². The molecule has 0 atom stereocenters. The molecule has 3 rings (SSSR count). The molecule has 104 valence electrons. The van der Waals surface area contributed by atoms with E-state index in [4.69, 9.17) is 17.3 Å². The van der Waals surface area contributed by atoms with E-state index in [1.807, 2.05) is 6.07 Å². The van der Waals surface area contributed by atoms with Crippen LogP contribution in [0.1, 0.15) is 12.8 Å². The van der Waals surface area contributed by atoms with Crippen LogP contribution in [0.2, 0.25) is 5.02 Å². The van der Waals surface area contributed by atoms with Gasteiger partial charge in [-0.25, -0.2) is 4.98 Å². The van der Waals surface area contributed by atoms with Crippen molar-refractivity contribution in [2.24, 2.45) is 5.92 Å². The maximum Gasteiger partial charge on any atom is 0.220 e. The highest BCUT2D eigenvalue weighted by Gasteiger charge is 2.21. The number of rotatable bonds is 4. The van der Waals surface area contributed by atoms with Gasteiger partial charge in [0.2, 0.25) is 5.95 Å². The number of nitrogens with one attached hydrogen (secondary N) is 1. The third-order valence-corrected chi connectivity index (χ3v) is 3.91. The highest BCUT2D eigenvalue weighted by atomic mass is 35.5. The normalized spacial score (nSPS) is 14.3. The Morgan fingerprint density at radius 3 is 2.80 bits per heavy atom. The third-order valence-electron chi connectivity index (χ3n) is 3.51. The van der Waals surface area contributed by atoms with E-state index in [1.54, 1.807) is 18.2 Å². The van der Waals surface area contributed by atoms with Crippen molar-refractivity contribution in [1.82, 2.24) is 4.98 Å². The molecule has 0 aliphatic heterocycles. The van der Waals surface area contributed by atoms with E-state index >= 15 is 0 Å². The summed E-state index contributed by atoms with van der Waals surface area (Å²) in [6.45, 7) is 0.904. The second-order valence-electron chi connectivity index (χ2n) is 5.05. The van der Waals surface area contributed by atoms with Crippen molar-refractivity contribution in [3.05, 3.63) is 41.4 Å². The van der Waals surface area contributed by atoms with Crippen molar-refractivity contribution in [3.63, 3.8) is 0 Å². The molecule has 0 saturated heterocycles. The summed E-state index contributed by atoms with van der Waals surface area (Å²) in [5.74, 6) is 0.191. The number of hydrogen-bond donors (Lipinski definition) is 2. The first-order chi connectivity index (χ1) is 9.66. The minimum atomic E-state index is -0.549. The Kier molecular flexibility index (Phi) is 3.49. The minimum absolute atomic E-state index is 0.359. The van der Waals surface area contributed by atoms with Gasteiger partial charge < -0.3 is 11.1 Å². The van der Waals surface area contributed by atoms with Crippen LogP contribution in [0, 0.1) is 11.9 Å². The summed E-state index contributed by atoms with van der Waals surface area (Å²) in [4.78, 5) is 3.63. The number of nitrogens with zero attached hydrogens (tertiary/aromatic N) is 1. The summed E-state index contributed by atoms with van der Waals surface area (Å²) in [7, 11) is 0. The van der Waals surface area contributed by atoms with Crippen molar-refractivity contribution in [1.29, 1.82) is 0 Å². The minimum Gasteiger partial charge on any atom is -0.396 e. The highest BCUT2D eigenvalue weighted by Crippen LogP contribution is 2.38. The number of hydrogen-bond acceptors (Lipinski definition) is 3. The number of nitrogen functional groups attached to an aromatic ring is 1. The van der Waals surface area contributed by atoms with Gasteiger partial charge in [-0.05, 0) is 37.0 Å². The lowest BCUT2D eigenvalue weighted by Gasteiger charge is -2.13. The van der Waals surface area contributed by atoms with Crippen LogP contribution in [0.25, 0.3) is 11.1 Å². The van der Waals surface area contributed by atoms with Crippen molar-refractivity contribution in [2.75, 3.05) is 17.6 Å². The number of anilines is 2. The molecule has 0 spiro atoms. The first-order valence-electron chi connectivity index (χ1n) is 6.59. The molecule has 0 radical (unpaired) electrons. The second kappa shape index (κ2) is 5.29. The van der Waals surface area contributed by atoms with Gasteiger partial charge >= 0.3 is 0 Å². The maximum atomic E-state index is 13.7. The fourth-order valence-corrected chi connectivity index (χ4v) is 2.38. The van der Waals surface area contributed by atoms with Crippen LogP contribution < -0.4 is 11.1 Å². The molecule has 1 fully saturated rings. The Morgan fingerprint density at radius 1 is 1.30 bits per heavy atom. The first kappa shape index (κ1) is 13.2. The van der Waals surface area contributed by atoms with Gasteiger partial charge in [-0.15, -0.1) is 0 Å². The lowest BCUT2D eigenvalue weighted by atomic mass is 10.1. The Balaban J connectivity index is 1.93. The molecule has 0 bridgehead atoms. The molecule has 0 unspecified atom stereocenters. The molecule has 0 amide bonds. The SMILES string of the molecule is Nc1c(NCC2CC2)ccc(-c2cccnc2F)c1Cl. The fraction of sp³-hybridized carbons (Fsp3) is 0.267. The summed E-state index contributed by atoms with van der Waals surface area (Å²) in [5.41, 5.74) is 8.21. The molecule has 1 heterocycles. The molecule has 1 saturated carbocycles. The standard InChI is InChI=1S/C15H15ClFN3/c16-13-10(11-2-1-7-19-15(11)17)5-6-12(14(13)18)20-8-9-3-4-9/h1-2,5-7,9,20H,3-4,8,18H2. The van der Waals surface area contributed by atoms with Crippen LogP contribution in [-0.2, 0) is 0 Å². The summed E-state index contributed by atoms with van der Waals surface area (Å²) < 4.78 is 13.7. The molecule has 3 N–H and O–H groups in total. The topological polar surface area (TPSA) is 50.9 Å². The summed E-state index contributed by atoms with van der Waals surface area (Å²) in [6, 6.07) is 6.92. The zero-order valence-electron chi connectivity index (χ0n) is 10.9. The summed E-state index contributed by atoms with van der Waals surface area (Å²) in [5, 5.41) is 3.65. The van der Waals surface area contributed by atoms with Crippen LogP contribution in [0.4, 0.5) is 15.8 Å². The number of aromatic nitrogens is 1. The Morgan fingerprint density at radius 2 is 2.10 bits per heavy atom. The smallest absolute Gasteiger partial charge is 0.220 e. The molecular formula is C15H15ClFN3. The van der Waals surface area contributed by atoms with Crippen molar-refractivity contribution >= 4 is 23.0 Å². The summed E-state index contributed by atoms with van der Waals surface area (Å²) in [6.07, 6.45) is 3.93. The van der Waals surface area contributed by atoms with Crippen molar-refractivity contribution in [2.45, 2.75) is 12.8 Å². The van der Waals surface area contributed by atoms with Gasteiger partial charge in [-0.3, -0.25) is 0 Å². The Hall–Kier alpha value is -1.81. The van der Waals surface area contributed by atoms with Gasteiger partial charge in [0.05, 0.1) is 16.4 Å². The predicted molar refractivity (Wildman–Crippen MR) is 80.3 cm³/mol. The quantitative estimate of drug-likeness (QED) is 0.662. The van der Waals surface area contributed by atoms with E-state index in [9.17, 15) is 4.39 Å². The van der Waals surface area contributed by atoms with Crippen molar-refractivity contribution < 1.29 is 4.39 Å². The zero-order valence-corrected chi connectivity index (χ0v) is 11.6. The van der Waals surface area contributed by atoms with Gasteiger partial charge in [0.1, 0.15) is 0 Å². The van der Waals surface area contributed by atoms with Gasteiger partial charge in [-0.2, -0.15) is 4.39 Å². The largest absolute Gasteiger partial charge is 0.396 e. The monoisotopic (exact) mass is 291 g/mol. The van der Waals surface area contributed by atoms with Crippen LogP contribution in [0.5, 0.6) is 0 Å². The molecule has 2 aromatic rings. The average Bonchev–Trinajstić information content (AvgIpc) is 3.26. The summed E-state index contributed by atoms with van der Waals surface area (Å²) >= 11 is 6.28. The molecule has 3 nitrogen and oxygen atoms in total. The van der Waals surface area contributed by atoms with Gasteiger partial charge in [0.15, 0.2) is 0 Å². The molecule has 1 aromatic heterocycles. The lowest BCUT2D eigenvalue weighted by Crippen LogP contribution is -2.06. The zero-order chi connectivity index (χ0) is 14.1. The van der Waals surface area contributed by atoms with E-state index in [-0.39, 0.29) is 0 Å². The number of nitrogens with two attached hydrogens (primary N) is 1.